The lowest BCUT2D eigenvalue weighted by molar-refractivity contribution is -0.143. The lowest BCUT2D eigenvalue weighted by atomic mass is 10.1. The largest absolute Gasteiger partial charge is 0.490 e. The maximum absolute atomic E-state index is 12.6. The van der Waals surface area contributed by atoms with Gasteiger partial charge in [-0.05, 0) is 63.1 Å². The van der Waals surface area contributed by atoms with Gasteiger partial charge in [-0.15, -0.1) is 0 Å². The number of nitrogens with zero attached hydrogens (tertiary/aromatic N) is 2. The zero-order chi connectivity index (χ0) is 21.6. The lowest BCUT2D eigenvalue weighted by Crippen LogP contribution is -2.40. The quantitative estimate of drug-likeness (QED) is 0.513. The van der Waals surface area contributed by atoms with Crippen molar-refractivity contribution >= 4 is 5.96 Å². The van der Waals surface area contributed by atoms with E-state index in [1.807, 2.05) is 0 Å². The highest BCUT2D eigenvalue weighted by atomic mass is 19.4. The summed E-state index contributed by atoms with van der Waals surface area (Å²) in [5.74, 6) is 1.76. The van der Waals surface area contributed by atoms with Gasteiger partial charge in [0.1, 0.15) is 5.75 Å². The smallest absolute Gasteiger partial charge is 0.401 e. The molecular weight excluding hydrogens is 393 g/mol. The van der Waals surface area contributed by atoms with E-state index in [1.54, 1.807) is 7.05 Å². The van der Waals surface area contributed by atoms with Gasteiger partial charge >= 0.3 is 6.18 Å². The molecule has 1 aliphatic carbocycles. The van der Waals surface area contributed by atoms with Gasteiger partial charge in [0.05, 0.1) is 12.6 Å². The fraction of sp³-hybridized carbons (Fsp3) is 0.682. The topological polar surface area (TPSA) is 48.9 Å². The molecule has 3 rings (SSSR count). The number of rotatable bonds is 7. The van der Waals surface area contributed by atoms with Crippen LogP contribution in [0, 0.1) is 12.8 Å². The second-order valence-corrected chi connectivity index (χ2v) is 8.45. The van der Waals surface area contributed by atoms with Crippen molar-refractivity contribution in [3.05, 3.63) is 29.3 Å². The number of hydrogen-bond donors (Lipinski definition) is 2. The van der Waals surface area contributed by atoms with Crippen LogP contribution >= 0.6 is 0 Å². The van der Waals surface area contributed by atoms with E-state index < -0.39 is 12.7 Å². The van der Waals surface area contributed by atoms with Crippen LogP contribution in [0.4, 0.5) is 13.2 Å². The molecule has 30 heavy (non-hydrogen) atoms. The van der Waals surface area contributed by atoms with E-state index in [0.717, 1.165) is 30.6 Å². The van der Waals surface area contributed by atoms with Crippen molar-refractivity contribution in [2.24, 2.45) is 10.9 Å². The summed E-state index contributed by atoms with van der Waals surface area (Å²) in [6, 6.07) is 6.23. The number of aryl methyl sites for hydroxylation is 1. The summed E-state index contributed by atoms with van der Waals surface area (Å²) in [6.07, 6.45) is 1.59. The van der Waals surface area contributed by atoms with Crippen LogP contribution in [0.2, 0.25) is 0 Å². The van der Waals surface area contributed by atoms with Crippen LogP contribution < -0.4 is 15.4 Å². The zero-order valence-electron chi connectivity index (χ0n) is 17.9. The van der Waals surface area contributed by atoms with Crippen molar-refractivity contribution in [1.82, 2.24) is 15.5 Å². The van der Waals surface area contributed by atoms with Crippen LogP contribution in [0.5, 0.6) is 5.75 Å². The summed E-state index contributed by atoms with van der Waals surface area (Å²) in [5, 5.41) is 6.57. The zero-order valence-corrected chi connectivity index (χ0v) is 17.9. The van der Waals surface area contributed by atoms with Gasteiger partial charge < -0.3 is 15.4 Å². The minimum absolute atomic E-state index is 0.187. The van der Waals surface area contributed by atoms with Gasteiger partial charge in [-0.1, -0.05) is 12.1 Å². The summed E-state index contributed by atoms with van der Waals surface area (Å²) in [4.78, 5) is 5.73. The second-order valence-electron chi connectivity index (χ2n) is 8.45. The van der Waals surface area contributed by atoms with Crippen molar-refractivity contribution in [3.63, 3.8) is 0 Å². The van der Waals surface area contributed by atoms with E-state index in [0.29, 0.717) is 38.2 Å². The Kier molecular flexibility index (Phi) is 7.86. The Morgan fingerprint density at radius 3 is 2.67 bits per heavy atom. The molecule has 1 heterocycles. The Morgan fingerprint density at radius 1 is 1.20 bits per heavy atom. The molecule has 1 aliphatic heterocycles. The van der Waals surface area contributed by atoms with Crippen LogP contribution in [-0.2, 0) is 6.54 Å². The first-order valence-corrected chi connectivity index (χ1v) is 10.8. The Hall–Kier alpha value is -1.96. The average Bonchev–Trinajstić information content (AvgIpc) is 3.34. The van der Waals surface area contributed by atoms with Crippen molar-refractivity contribution in [3.8, 4) is 5.75 Å². The first-order chi connectivity index (χ1) is 14.3. The number of alkyl halides is 3. The van der Waals surface area contributed by atoms with E-state index >= 15 is 0 Å². The molecule has 0 bridgehead atoms. The molecule has 1 unspecified atom stereocenters. The average molecular weight is 427 g/mol. The molecule has 2 aliphatic rings. The normalized spacial score (nSPS) is 21.2. The monoisotopic (exact) mass is 426 g/mol. The Balaban J connectivity index is 1.48. The van der Waals surface area contributed by atoms with E-state index in [9.17, 15) is 13.2 Å². The summed E-state index contributed by atoms with van der Waals surface area (Å²) in [6.45, 7) is 3.36. The van der Waals surface area contributed by atoms with Gasteiger partial charge in [0.2, 0.25) is 0 Å². The van der Waals surface area contributed by atoms with E-state index in [-0.39, 0.29) is 5.92 Å². The highest BCUT2D eigenvalue weighted by Crippen LogP contribution is 2.27. The molecule has 1 aromatic rings. The van der Waals surface area contributed by atoms with Gasteiger partial charge in [0.15, 0.2) is 5.96 Å². The van der Waals surface area contributed by atoms with Crippen LogP contribution in [0.15, 0.2) is 23.2 Å². The molecule has 0 spiro atoms. The van der Waals surface area contributed by atoms with Gasteiger partial charge in [-0.25, -0.2) is 0 Å². The van der Waals surface area contributed by atoms with Crippen molar-refractivity contribution < 1.29 is 17.9 Å². The van der Waals surface area contributed by atoms with Gasteiger partial charge in [-0.2, -0.15) is 13.2 Å². The molecule has 0 amide bonds. The van der Waals surface area contributed by atoms with Gasteiger partial charge in [0, 0.05) is 32.2 Å². The molecule has 1 saturated heterocycles. The molecule has 0 radical (unpaired) electrons. The third kappa shape index (κ3) is 7.07. The number of aliphatic imine (C=N–C) groups is 1. The summed E-state index contributed by atoms with van der Waals surface area (Å²) in [5.41, 5.74) is 2.24. The molecule has 168 valence electrons. The van der Waals surface area contributed by atoms with Crippen LogP contribution in [0.25, 0.3) is 0 Å². The van der Waals surface area contributed by atoms with Crippen molar-refractivity contribution in [2.45, 2.75) is 57.9 Å². The number of halogens is 3. The molecule has 0 aromatic heterocycles. The van der Waals surface area contributed by atoms with Crippen LogP contribution in [0.3, 0.4) is 0 Å². The standard InChI is InChI=1S/C22H33F3N4O/c1-16-7-8-18(20(11-16)30-19-5-3-4-6-19)13-28-21(26-2)27-12-17-9-10-29(14-17)15-22(23,24)25/h7-8,11,17,19H,3-6,9-10,12-15H2,1-2H3,(H2,26,27,28). The first-order valence-electron chi connectivity index (χ1n) is 10.8. The van der Waals surface area contributed by atoms with Crippen molar-refractivity contribution in [2.75, 3.05) is 33.2 Å². The van der Waals surface area contributed by atoms with E-state index in [1.165, 1.54) is 23.3 Å². The number of likely N-dealkylation sites (tertiary alicyclic amines) is 1. The fourth-order valence-electron chi connectivity index (χ4n) is 4.22. The first kappa shape index (κ1) is 22.7. The Morgan fingerprint density at radius 2 is 1.97 bits per heavy atom. The second kappa shape index (κ2) is 10.4. The lowest BCUT2D eigenvalue weighted by Gasteiger charge is -2.20. The predicted octanol–water partition coefficient (Wildman–Crippen LogP) is 3.87. The summed E-state index contributed by atoms with van der Waals surface area (Å²) < 4.78 is 43.9. The number of guanidine groups is 1. The third-order valence-corrected chi connectivity index (χ3v) is 5.82. The van der Waals surface area contributed by atoms with Crippen LogP contribution in [0.1, 0.15) is 43.2 Å². The minimum atomic E-state index is -4.13. The minimum Gasteiger partial charge on any atom is -0.490 e. The van der Waals surface area contributed by atoms with E-state index in [2.05, 4.69) is 40.7 Å². The van der Waals surface area contributed by atoms with Gasteiger partial charge in [0.25, 0.3) is 0 Å². The number of hydrogen-bond acceptors (Lipinski definition) is 3. The number of nitrogens with one attached hydrogen (secondary N) is 2. The molecule has 1 atom stereocenters. The summed E-state index contributed by atoms with van der Waals surface area (Å²) >= 11 is 0. The number of benzene rings is 1. The predicted molar refractivity (Wildman–Crippen MR) is 113 cm³/mol. The fourth-order valence-corrected chi connectivity index (χ4v) is 4.22. The molecular formula is C22H33F3N4O. The molecule has 1 saturated carbocycles. The SMILES string of the molecule is CN=C(NCc1ccc(C)cc1OC1CCCC1)NCC1CCN(CC(F)(F)F)C1. The molecule has 2 N–H and O–H groups in total. The number of ether oxygens (including phenoxy) is 1. The van der Waals surface area contributed by atoms with E-state index in [4.69, 9.17) is 4.74 Å². The highest BCUT2D eigenvalue weighted by molar-refractivity contribution is 5.79. The maximum atomic E-state index is 12.6. The summed E-state index contributed by atoms with van der Waals surface area (Å²) in [7, 11) is 1.70. The highest BCUT2D eigenvalue weighted by Gasteiger charge is 2.34. The Bertz CT molecular complexity index is 717. The molecule has 8 heteroatoms. The Labute approximate surface area is 177 Å². The third-order valence-electron chi connectivity index (χ3n) is 5.82. The maximum Gasteiger partial charge on any atom is 0.401 e. The van der Waals surface area contributed by atoms with Crippen molar-refractivity contribution in [1.29, 1.82) is 0 Å². The molecule has 5 nitrogen and oxygen atoms in total. The molecule has 2 fully saturated rings. The van der Waals surface area contributed by atoms with Crippen LogP contribution in [-0.4, -0.2) is 56.4 Å². The molecule has 1 aromatic carbocycles. The van der Waals surface area contributed by atoms with Gasteiger partial charge in [-0.3, -0.25) is 9.89 Å².